The van der Waals surface area contributed by atoms with Gasteiger partial charge in [-0.3, -0.25) is 9.59 Å². The van der Waals surface area contributed by atoms with Crippen LogP contribution in [0.1, 0.15) is 39.3 Å². The molecule has 1 aromatic rings. The largest absolute Gasteiger partial charge is 0.397 e. The lowest BCUT2D eigenvalue weighted by Gasteiger charge is -2.23. The molecule has 0 aliphatic carbocycles. The van der Waals surface area contributed by atoms with E-state index >= 15 is 0 Å². The summed E-state index contributed by atoms with van der Waals surface area (Å²) >= 11 is 1.10. The minimum absolute atomic E-state index is 0.108. The normalized spacial score (nSPS) is 18.2. The quantitative estimate of drug-likeness (QED) is 0.640. The molecule has 1 saturated heterocycles. The average molecular weight is 312 g/mol. The van der Waals surface area contributed by atoms with Gasteiger partial charge in [0.05, 0.1) is 17.4 Å². The molecule has 0 bridgehead atoms. The Kier molecular flexibility index (Phi) is 5.03. The first-order chi connectivity index (χ1) is 10.0. The van der Waals surface area contributed by atoms with E-state index in [0.29, 0.717) is 11.5 Å². The molecule has 2 amide bonds. The Morgan fingerprint density at radius 3 is 2.76 bits per heavy atom. The third kappa shape index (κ3) is 3.45. The molecule has 1 aliphatic rings. The number of nitrogen functional groups attached to an aromatic ring is 1. The van der Waals surface area contributed by atoms with E-state index in [4.69, 9.17) is 16.2 Å². The Balaban J connectivity index is 2.18. The van der Waals surface area contributed by atoms with E-state index in [0.717, 1.165) is 37.2 Å². The van der Waals surface area contributed by atoms with Gasteiger partial charge in [-0.25, -0.2) is 0 Å². The zero-order chi connectivity index (χ0) is 15.4. The van der Waals surface area contributed by atoms with Crippen LogP contribution in [0.3, 0.4) is 0 Å². The summed E-state index contributed by atoms with van der Waals surface area (Å²) in [4.78, 5) is 23.5. The Hall–Kier alpha value is -1.80. The summed E-state index contributed by atoms with van der Waals surface area (Å²) in [5.41, 5.74) is 11.5. The number of anilines is 2. The lowest BCUT2D eigenvalue weighted by molar-refractivity contribution is 0.0248. The van der Waals surface area contributed by atoms with Gasteiger partial charge in [-0.1, -0.05) is 0 Å². The fraction of sp³-hybridized carbons (Fsp3) is 0.538. The molecule has 2 rings (SSSR count). The van der Waals surface area contributed by atoms with E-state index in [1.165, 1.54) is 7.05 Å². The van der Waals surface area contributed by atoms with Crippen molar-refractivity contribution in [1.29, 1.82) is 0 Å². The van der Waals surface area contributed by atoms with E-state index in [1.54, 1.807) is 0 Å². The van der Waals surface area contributed by atoms with Crippen LogP contribution in [-0.2, 0) is 4.74 Å². The second-order valence-corrected chi connectivity index (χ2v) is 5.88. The maximum absolute atomic E-state index is 11.9. The molecule has 116 valence electrons. The van der Waals surface area contributed by atoms with Crippen molar-refractivity contribution in [1.82, 2.24) is 5.32 Å². The van der Waals surface area contributed by atoms with E-state index in [-0.39, 0.29) is 28.1 Å². The van der Waals surface area contributed by atoms with Gasteiger partial charge in [0, 0.05) is 20.2 Å². The van der Waals surface area contributed by atoms with Crippen LogP contribution in [0.2, 0.25) is 0 Å². The summed E-state index contributed by atoms with van der Waals surface area (Å²) in [7, 11) is 1.51. The fourth-order valence-electron chi connectivity index (χ4n) is 2.28. The summed E-state index contributed by atoms with van der Waals surface area (Å²) in [5.74, 6) is -0.979. The highest BCUT2D eigenvalue weighted by atomic mass is 32.1. The van der Waals surface area contributed by atoms with Crippen LogP contribution in [0.15, 0.2) is 0 Å². The molecule has 1 unspecified atom stereocenters. The highest BCUT2D eigenvalue weighted by Crippen LogP contribution is 2.35. The standard InChI is InChI=1S/C13H20N4O3S/c1-16-12(19)8-9(14)10(11(15)18)21-13(8)17-6-7-4-2-3-5-20-7/h7,17H,2-6,14H2,1H3,(H2,15,18)(H,16,19). The van der Waals surface area contributed by atoms with Gasteiger partial charge in [0.2, 0.25) is 0 Å². The van der Waals surface area contributed by atoms with Gasteiger partial charge in [-0.15, -0.1) is 11.3 Å². The van der Waals surface area contributed by atoms with Crippen LogP contribution in [0, 0.1) is 0 Å². The minimum atomic E-state index is -0.635. The predicted molar refractivity (Wildman–Crippen MR) is 82.7 cm³/mol. The highest BCUT2D eigenvalue weighted by molar-refractivity contribution is 7.19. The van der Waals surface area contributed by atoms with E-state index < -0.39 is 5.91 Å². The number of primary amides is 1. The van der Waals surface area contributed by atoms with Crippen LogP contribution in [0.5, 0.6) is 0 Å². The van der Waals surface area contributed by atoms with Crippen LogP contribution < -0.4 is 22.1 Å². The average Bonchev–Trinajstić information content (AvgIpc) is 2.82. The first-order valence-corrected chi connectivity index (χ1v) is 7.65. The van der Waals surface area contributed by atoms with Crippen LogP contribution in [0.25, 0.3) is 0 Å². The number of ether oxygens (including phenoxy) is 1. The third-order valence-electron chi connectivity index (χ3n) is 3.39. The molecule has 2 heterocycles. The number of carbonyl (C=O) groups excluding carboxylic acids is 2. The Morgan fingerprint density at radius 2 is 2.19 bits per heavy atom. The number of amides is 2. The second kappa shape index (κ2) is 6.77. The number of nitrogens with one attached hydrogen (secondary N) is 2. The van der Waals surface area contributed by atoms with E-state index in [1.807, 2.05) is 0 Å². The van der Waals surface area contributed by atoms with Gasteiger partial charge in [0.1, 0.15) is 9.88 Å². The molecule has 1 atom stereocenters. The van der Waals surface area contributed by atoms with Crippen molar-refractivity contribution >= 4 is 33.8 Å². The molecule has 6 N–H and O–H groups in total. The van der Waals surface area contributed by atoms with Crippen molar-refractivity contribution < 1.29 is 14.3 Å². The minimum Gasteiger partial charge on any atom is -0.397 e. The van der Waals surface area contributed by atoms with Crippen molar-refractivity contribution in [3.63, 3.8) is 0 Å². The van der Waals surface area contributed by atoms with Crippen molar-refractivity contribution in [2.45, 2.75) is 25.4 Å². The molecule has 0 radical (unpaired) electrons. The first kappa shape index (κ1) is 15.6. The first-order valence-electron chi connectivity index (χ1n) is 6.84. The molecule has 0 saturated carbocycles. The molecular weight excluding hydrogens is 292 g/mol. The molecule has 1 aliphatic heterocycles. The number of rotatable bonds is 5. The van der Waals surface area contributed by atoms with Crippen molar-refractivity contribution in [2.75, 3.05) is 31.2 Å². The van der Waals surface area contributed by atoms with Crippen molar-refractivity contribution in [2.24, 2.45) is 5.73 Å². The third-order valence-corrected chi connectivity index (χ3v) is 4.57. The number of hydrogen-bond acceptors (Lipinski definition) is 6. The smallest absolute Gasteiger partial charge is 0.260 e. The number of thiophene rings is 1. The van der Waals surface area contributed by atoms with Gasteiger partial charge in [-0.2, -0.15) is 0 Å². The molecule has 1 aromatic heterocycles. The molecule has 0 spiro atoms. The topological polar surface area (TPSA) is 119 Å². The fourth-order valence-corrected chi connectivity index (χ4v) is 3.25. The Labute approximate surface area is 127 Å². The van der Waals surface area contributed by atoms with Gasteiger partial charge in [-0.05, 0) is 19.3 Å². The Bertz CT molecular complexity index is 538. The highest BCUT2D eigenvalue weighted by Gasteiger charge is 2.24. The van der Waals surface area contributed by atoms with Gasteiger partial charge >= 0.3 is 0 Å². The molecule has 21 heavy (non-hydrogen) atoms. The van der Waals surface area contributed by atoms with Gasteiger partial charge in [0.15, 0.2) is 0 Å². The second-order valence-electron chi connectivity index (χ2n) is 4.86. The summed E-state index contributed by atoms with van der Waals surface area (Å²) in [6, 6.07) is 0. The van der Waals surface area contributed by atoms with Crippen molar-refractivity contribution in [3.8, 4) is 0 Å². The predicted octanol–water partition coefficient (Wildman–Crippen LogP) is 0.770. The zero-order valence-corrected chi connectivity index (χ0v) is 12.7. The maximum atomic E-state index is 11.9. The van der Waals surface area contributed by atoms with Gasteiger partial charge in [0.25, 0.3) is 11.8 Å². The lowest BCUT2D eigenvalue weighted by Crippen LogP contribution is -2.27. The lowest BCUT2D eigenvalue weighted by atomic mass is 10.1. The SMILES string of the molecule is CNC(=O)c1c(NCC2CCCCO2)sc(C(N)=O)c1N. The molecule has 1 fully saturated rings. The molecule has 0 aromatic carbocycles. The summed E-state index contributed by atoms with van der Waals surface area (Å²) in [5, 5.41) is 6.23. The number of nitrogens with two attached hydrogens (primary N) is 2. The summed E-state index contributed by atoms with van der Waals surface area (Å²) < 4.78 is 5.63. The molecular formula is C13H20N4O3S. The molecule has 7 nitrogen and oxygen atoms in total. The zero-order valence-electron chi connectivity index (χ0n) is 11.9. The van der Waals surface area contributed by atoms with Gasteiger partial charge < -0.3 is 26.8 Å². The monoisotopic (exact) mass is 312 g/mol. The number of hydrogen-bond donors (Lipinski definition) is 4. The summed E-state index contributed by atoms with van der Waals surface area (Å²) in [6.45, 7) is 1.33. The number of carbonyl (C=O) groups is 2. The van der Waals surface area contributed by atoms with Crippen LogP contribution in [0.4, 0.5) is 10.7 Å². The Morgan fingerprint density at radius 1 is 1.43 bits per heavy atom. The molecule has 8 heteroatoms. The van der Waals surface area contributed by atoms with E-state index in [2.05, 4.69) is 10.6 Å². The van der Waals surface area contributed by atoms with Crippen molar-refractivity contribution in [3.05, 3.63) is 10.4 Å². The van der Waals surface area contributed by atoms with Crippen LogP contribution in [-0.4, -0.2) is 38.1 Å². The maximum Gasteiger partial charge on any atom is 0.260 e. The van der Waals surface area contributed by atoms with E-state index in [9.17, 15) is 9.59 Å². The van der Waals surface area contributed by atoms with Crippen LogP contribution >= 0.6 is 11.3 Å². The summed E-state index contributed by atoms with van der Waals surface area (Å²) in [6.07, 6.45) is 3.30.